The molecule has 0 spiro atoms. The Morgan fingerprint density at radius 1 is 0.792 bits per heavy atom. The van der Waals surface area contributed by atoms with E-state index in [0.717, 1.165) is 69.7 Å². The number of benzene rings is 4. The van der Waals surface area contributed by atoms with Crippen molar-refractivity contribution in [2.45, 2.75) is 60.8 Å². The smallest absolute Gasteiger partial charge is 0.509 e. The molecular formula is C42H40N4OPt. The fourth-order valence-electron chi connectivity index (χ4n) is 6.38. The molecule has 48 heavy (non-hydrogen) atoms. The maximum atomic E-state index is 6.46. The summed E-state index contributed by atoms with van der Waals surface area (Å²) in [5.41, 5.74) is 10.0. The van der Waals surface area contributed by atoms with Crippen LogP contribution < -0.4 is 4.74 Å². The van der Waals surface area contributed by atoms with Gasteiger partial charge in [0.05, 0.1) is 5.69 Å². The van der Waals surface area contributed by atoms with E-state index in [1.807, 2.05) is 48.1 Å². The molecule has 0 saturated heterocycles. The van der Waals surface area contributed by atoms with Crippen LogP contribution in [0.15, 0.2) is 97.2 Å². The van der Waals surface area contributed by atoms with E-state index in [1.165, 1.54) is 16.5 Å². The molecule has 0 N–H and O–H groups in total. The molecule has 6 heteroatoms. The number of nitrogens with zero attached hydrogens (tertiary/aromatic N) is 4. The SMILES string of the molecule is CCc1ccc2c(c1)c1ccc(Oc3[c-]c(-n4nc(C)c(-c5ccccc5)c4C)ccc3)[c-]c1n2-c1cc(CCC(C)(C)C)ccn1.[Pt+2]. The molecule has 244 valence electrons. The van der Waals surface area contributed by atoms with Crippen LogP contribution in [-0.4, -0.2) is 19.3 Å². The quantitative estimate of drug-likeness (QED) is 0.144. The Morgan fingerprint density at radius 3 is 2.35 bits per heavy atom. The molecule has 7 rings (SSSR count). The standard InChI is InChI=1S/C42H40N4O.Pt/c1-7-30-16-19-38-37(24-30)36-18-17-35(27-39(36)45(38)40-25-31(21-23-43-40)20-22-42(4,5)6)47-34-15-11-14-33(26-34)46-29(3)41(28(2)44-46)32-12-9-8-10-13-32;/h8-19,21,23-25H,7,20,22H2,1-6H3;/q-2;+2. The van der Waals surface area contributed by atoms with Crippen LogP contribution in [0, 0.1) is 31.4 Å². The van der Waals surface area contributed by atoms with E-state index in [1.54, 1.807) is 0 Å². The summed E-state index contributed by atoms with van der Waals surface area (Å²) in [6, 6.07) is 38.6. The monoisotopic (exact) mass is 811 g/mol. The molecule has 0 aliphatic heterocycles. The van der Waals surface area contributed by atoms with Gasteiger partial charge in [0, 0.05) is 34.5 Å². The molecule has 0 bridgehead atoms. The van der Waals surface area contributed by atoms with Crippen LogP contribution in [0.1, 0.15) is 56.6 Å². The number of aromatic nitrogens is 4. The molecule has 0 aliphatic carbocycles. The van der Waals surface area contributed by atoms with E-state index >= 15 is 0 Å². The van der Waals surface area contributed by atoms with Gasteiger partial charge in [0.15, 0.2) is 0 Å². The third-order valence-corrected chi connectivity index (χ3v) is 8.88. The number of hydrogen-bond donors (Lipinski definition) is 0. The third-order valence-electron chi connectivity index (χ3n) is 8.88. The summed E-state index contributed by atoms with van der Waals surface area (Å²) in [4.78, 5) is 4.85. The Bertz CT molecular complexity index is 2220. The molecule has 0 saturated carbocycles. The molecule has 5 nitrogen and oxygen atoms in total. The van der Waals surface area contributed by atoms with Gasteiger partial charge in [-0.3, -0.25) is 4.68 Å². The minimum atomic E-state index is 0. The van der Waals surface area contributed by atoms with Gasteiger partial charge >= 0.3 is 21.1 Å². The maximum absolute atomic E-state index is 6.46. The average Bonchev–Trinajstić information content (AvgIpc) is 3.56. The van der Waals surface area contributed by atoms with Crippen LogP contribution in [0.5, 0.6) is 11.5 Å². The van der Waals surface area contributed by atoms with Gasteiger partial charge in [-0.05, 0) is 84.5 Å². The van der Waals surface area contributed by atoms with Gasteiger partial charge in [-0.25, -0.2) is 4.98 Å². The Labute approximate surface area is 297 Å². The van der Waals surface area contributed by atoms with Crippen molar-refractivity contribution in [1.29, 1.82) is 0 Å². The number of fused-ring (bicyclic) bond motifs is 3. The van der Waals surface area contributed by atoms with E-state index in [-0.39, 0.29) is 26.5 Å². The van der Waals surface area contributed by atoms with Crippen LogP contribution >= 0.6 is 0 Å². The van der Waals surface area contributed by atoms with Gasteiger partial charge in [0.2, 0.25) is 0 Å². The van der Waals surface area contributed by atoms with Crippen molar-refractivity contribution >= 4 is 21.8 Å². The zero-order valence-electron chi connectivity index (χ0n) is 28.4. The van der Waals surface area contributed by atoms with Gasteiger partial charge in [0.1, 0.15) is 5.82 Å². The second-order valence-electron chi connectivity index (χ2n) is 13.5. The van der Waals surface area contributed by atoms with Crippen molar-refractivity contribution in [3.63, 3.8) is 0 Å². The largest absolute Gasteiger partial charge is 2.00 e. The van der Waals surface area contributed by atoms with Gasteiger partial charge < -0.3 is 9.30 Å². The van der Waals surface area contributed by atoms with Crippen LogP contribution in [0.2, 0.25) is 0 Å². The Morgan fingerprint density at radius 2 is 1.58 bits per heavy atom. The van der Waals surface area contributed by atoms with Crippen molar-refractivity contribution < 1.29 is 25.8 Å². The van der Waals surface area contributed by atoms with E-state index < -0.39 is 0 Å². The Balaban J connectivity index is 0.00000401. The van der Waals surface area contributed by atoms with E-state index in [2.05, 4.69) is 112 Å². The van der Waals surface area contributed by atoms with Crippen LogP contribution in [0.4, 0.5) is 0 Å². The summed E-state index contributed by atoms with van der Waals surface area (Å²) in [5.74, 6) is 2.11. The predicted octanol–water partition coefficient (Wildman–Crippen LogP) is 10.6. The molecule has 0 radical (unpaired) electrons. The number of pyridine rings is 1. The van der Waals surface area contributed by atoms with Gasteiger partial charge in [-0.1, -0.05) is 75.7 Å². The first kappa shape index (κ1) is 33.4. The summed E-state index contributed by atoms with van der Waals surface area (Å²) in [6.07, 6.45) is 5.01. The predicted molar refractivity (Wildman–Crippen MR) is 192 cm³/mol. The zero-order valence-corrected chi connectivity index (χ0v) is 30.6. The van der Waals surface area contributed by atoms with Crippen molar-refractivity contribution in [2.75, 3.05) is 0 Å². The summed E-state index contributed by atoms with van der Waals surface area (Å²) in [7, 11) is 0. The number of aryl methyl sites for hydroxylation is 3. The molecule has 3 heterocycles. The van der Waals surface area contributed by atoms with Gasteiger partial charge in [-0.15, -0.1) is 35.7 Å². The van der Waals surface area contributed by atoms with Crippen LogP contribution in [0.3, 0.4) is 0 Å². The Hall–Kier alpha value is -4.47. The maximum Gasteiger partial charge on any atom is 2.00 e. The first-order valence-electron chi connectivity index (χ1n) is 16.5. The van der Waals surface area contributed by atoms with Crippen molar-refractivity contribution in [2.24, 2.45) is 5.41 Å². The van der Waals surface area contributed by atoms with Crippen molar-refractivity contribution in [3.05, 3.63) is 132 Å². The molecule has 0 unspecified atom stereocenters. The zero-order chi connectivity index (χ0) is 32.7. The van der Waals surface area contributed by atoms with Crippen molar-refractivity contribution in [3.8, 4) is 34.1 Å². The first-order chi connectivity index (χ1) is 22.7. The Kier molecular flexibility index (Phi) is 9.45. The molecular weight excluding hydrogens is 772 g/mol. The summed E-state index contributed by atoms with van der Waals surface area (Å²) < 4.78 is 10.6. The minimum absolute atomic E-state index is 0. The van der Waals surface area contributed by atoms with Gasteiger partial charge in [0.25, 0.3) is 0 Å². The molecule has 0 aliphatic rings. The number of hydrogen-bond acceptors (Lipinski definition) is 3. The average molecular weight is 812 g/mol. The fourth-order valence-corrected chi connectivity index (χ4v) is 6.38. The van der Waals surface area contributed by atoms with Crippen LogP contribution in [-0.2, 0) is 33.9 Å². The van der Waals surface area contributed by atoms with Crippen molar-refractivity contribution in [1.82, 2.24) is 19.3 Å². The summed E-state index contributed by atoms with van der Waals surface area (Å²) in [6.45, 7) is 13.2. The van der Waals surface area contributed by atoms with Gasteiger partial charge in [-0.2, -0.15) is 17.2 Å². The fraction of sp³-hybridized carbons (Fsp3) is 0.238. The van der Waals surface area contributed by atoms with E-state index in [9.17, 15) is 0 Å². The second kappa shape index (κ2) is 13.6. The molecule has 0 amide bonds. The molecule has 0 fully saturated rings. The molecule has 7 aromatic rings. The summed E-state index contributed by atoms with van der Waals surface area (Å²) in [5, 5.41) is 7.19. The molecule has 3 aromatic heterocycles. The topological polar surface area (TPSA) is 44.9 Å². The number of ether oxygens (including phenoxy) is 1. The second-order valence-corrected chi connectivity index (χ2v) is 13.5. The van der Waals surface area contributed by atoms with Crippen LogP contribution in [0.25, 0.3) is 44.4 Å². The van der Waals surface area contributed by atoms with E-state index in [0.29, 0.717) is 11.5 Å². The molecule has 0 atom stereocenters. The van der Waals surface area contributed by atoms with E-state index in [4.69, 9.17) is 14.8 Å². The summed E-state index contributed by atoms with van der Waals surface area (Å²) >= 11 is 0. The first-order valence-corrected chi connectivity index (χ1v) is 16.5. The minimum Gasteiger partial charge on any atom is -0.509 e. The normalized spacial score (nSPS) is 11.6. The third kappa shape index (κ3) is 6.62. The molecule has 4 aromatic carbocycles. The number of rotatable bonds is 8.